The minimum atomic E-state index is -0.596. The molecule has 0 aromatic carbocycles. The van der Waals surface area contributed by atoms with E-state index in [9.17, 15) is 14.9 Å². The largest absolute Gasteiger partial charge is 0.458 e. The lowest BCUT2D eigenvalue weighted by Gasteiger charge is -2.62. The molecule has 2 saturated heterocycles. The molecule has 4 bridgehead atoms. The molecule has 0 aromatic rings. The molecule has 0 spiro atoms. The van der Waals surface area contributed by atoms with E-state index in [2.05, 4.69) is 11.4 Å². The smallest absolute Gasteiger partial charge is 0.323 e. The number of carbonyl (C=O) groups excluding carboxylic acids is 2. The fourth-order valence-corrected chi connectivity index (χ4v) is 8.21. The summed E-state index contributed by atoms with van der Waals surface area (Å²) in [5, 5.41) is 12.8. The van der Waals surface area contributed by atoms with Crippen LogP contribution < -0.4 is 11.1 Å². The Morgan fingerprint density at radius 2 is 1.93 bits per heavy atom. The van der Waals surface area contributed by atoms with Gasteiger partial charge in [0.2, 0.25) is 5.91 Å². The summed E-state index contributed by atoms with van der Waals surface area (Å²) in [5.74, 6) is 1.30. The number of hydrogen-bond acceptors (Lipinski definition) is 6. The van der Waals surface area contributed by atoms with Crippen molar-refractivity contribution in [1.29, 1.82) is 5.26 Å². The molecule has 7 heteroatoms. The van der Waals surface area contributed by atoms with Gasteiger partial charge in [0.15, 0.2) is 0 Å². The minimum Gasteiger partial charge on any atom is -0.458 e. The normalized spacial score (nSPS) is 48.9. The van der Waals surface area contributed by atoms with E-state index in [-0.39, 0.29) is 35.4 Å². The van der Waals surface area contributed by atoms with E-state index >= 15 is 0 Å². The van der Waals surface area contributed by atoms with Crippen molar-refractivity contribution in [2.24, 2.45) is 28.9 Å². The summed E-state index contributed by atoms with van der Waals surface area (Å²) in [6.07, 6.45) is 9.29. The van der Waals surface area contributed by atoms with Crippen molar-refractivity contribution < 1.29 is 14.3 Å². The Morgan fingerprint density at radius 3 is 2.60 bits per heavy atom. The zero-order chi connectivity index (χ0) is 20.7. The highest BCUT2D eigenvalue weighted by Gasteiger charge is 2.64. The summed E-state index contributed by atoms with van der Waals surface area (Å²) in [6, 6.07) is 1.45. The second-order valence-corrected chi connectivity index (χ2v) is 11.2. The van der Waals surface area contributed by atoms with Gasteiger partial charge in [0.1, 0.15) is 17.7 Å². The molecular formula is C23H32N4O3. The average Bonchev–Trinajstić information content (AvgIpc) is 3.12. The van der Waals surface area contributed by atoms with Crippen LogP contribution in [0.15, 0.2) is 0 Å². The second kappa shape index (κ2) is 6.43. The van der Waals surface area contributed by atoms with Gasteiger partial charge in [-0.2, -0.15) is 5.26 Å². The Kier molecular flexibility index (Phi) is 4.09. The van der Waals surface area contributed by atoms with Gasteiger partial charge in [-0.1, -0.05) is 0 Å². The van der Waals surface area contributed by atoms with Crippen LogP contribution in [-0.2, 0) is 14.3 Å². The number of piperidine rings is 1. The number of nitriles is 1. The van der Waals surface area contributed by atoms with Gasteiger partial charge < -0.3 is 20.7 Å². The molecule has 2 heterocycles. The van der Waals surface area contributed by atoms with Crippen LogP contribution in [0.3, 0.4) is 0 Å². The predicted molar refractivity (Wildman–Crippen MR) is 108 cm³/mol. The third-order valence-electron chi connectivity index (χ3n) is 9.15. The van der Waals surface area contributed by atoms with E-state index in [1.54, 1.807) is 0 Å². The highest BCUT2D eigenvalue weighted by molar-refractivity contribution is 5.84. The zero-order valence-electron chi connectivity index (χ0n) is 17.5. The second-order valence-electron chi connectivity index (χ2n) is 11.2. The van der Waals surface area contributed by atoms with Crippen LogP contribution >= 0.6 is 0 Å². The average molecular weight is 413 g/mol. The third-order valence-corrected chi connectivity index (χ3v) is 9.15. The van der Waals surface area contributed by atoms with Gasteiger partial charge in [-0.05, 0) is 93.9 Å². The molecule has 1 amide bonds. The maximum atomic E-state index is 13.5. The molecule has 5 saturated carbocycles. The SMILES string of the molecule is N#C[C@@H]1CC2CC2N1C(=O)[C@@H](N)C12CC3C[C@H](CC(OC(=O)[C@@H]4CCCN4)(C3)C1)C2. The number of ether oxygens (including phenoxy) is 1. The summed E-state index contributed by atoms with van der Waals surface area (Å²) in [4.78, 5) is 28.2. The molecule has 3 N–H and O–H groups in total. The van der Waals surface area contributed by atoms with Gasteiger partial charge in [0, 0.05) is 6.04 Å². The first-order valence-corrected chi connectivity index (χ1v) is 11.9. The number of likely N-dealkylation sites (tertiary alicyclic amines) is 1. The van der Waals surface area contributed by atoms with Crippen LogP contribution in [0.4, 0.5) is 0 Å². The Hall–Kier alpha value is -1.65. The molecule has 7 nitrogen and oxygen atoms in total. The Balaban J connectivity index is 1.24. The quantitative estimate of drug-likeness (QED) is 0.677. The molecule has 7 aliphatic rings. The lowest BCUT2D eigenvalue weighted by atomic mass is 9.46. The molecule has 0 aromatic heterocycles. The highest BCUT2D eigenvalue weighted by atomic mass is 16.6. The van der Waals surface area contributed by atoms with Gasteiger partial charge in [-0.3, -0.25) is 9.59 Å². The molecule has 9 atom stereocenters. The van der Waals surface area contributed by atoms with Gasteiger partial charge in [0.05, 0.1) is 12.1 Å². The van der Waals surface area contributed by atoms with Crippen molar-refractivity contribution in [3.05, 3.63) is 0 Å². The van der Waals surface area contributed by atoms with Crippen LogP contribution in [-0.4, -0.2) is 53.1 Å². The molecule has 0 radical (unpaired) electrons. The maximum Gasteiger partial charge on any atom is 0.323 e. The van der Waals surface area contributed by atoms with E-state index in [4.69, 9.17) is 10.5 Å². The van der Waals surface area contributed by atoms with E-state index in [1.165, 1.54) is 6.42 Å². The van der Waals surface area contributed by atoms with Gasteiger partial charge in [0.25, 0.3) is 0 Å². The highest BCUT2D eigenvalue weighted by Crippen LogP contribution is 2.64. The number of carbonyl (C=O) groups is 2. The molecule has 7 fully saturated rings. The number of hydrogen-bond donors (Lipinski definition) is 2. The number of nitrogens with one attached hydrogen (secondary N) is 1. The Bertz CT molecular complexity index is 802. The Morgan fingerprint density at radius 1 is 1.17 bits per heavy atom. The molecule has 2 aliphatic heterocycles. The molecule has 5 unspecified atom stereocenters. The fraction of sp³-hybridized carbons (Fsp3) is 0.870. The fourth-order valence-electron chi connectivity index (χ4n) is 8.21. The summed E-state index contributed by atoms with van der Waals surface area (Å²) in [7, 11) is 0. The van der Waals surface area contributed by atoms with Crippen LogP contribution in [0, 0.1) is 34.5 Å². The first kappa shape index (κ1) is 19.1. The lowest BCUT2D eigenvalue weighted by Crippen LogP contribution is -2.66. The molecule has 7 rings (SSSR count). The van der Waals surface area contributed by atoms with Gasteiger partial charge >= 0.3 is 5.97 Å². The first-order chi connectivity index (χ1) is 14.4. The van der Waals surface area contributed by atoms with Crippen molar-refractivity contribution in [3.8, 4) is 6.07 Å². The van der Waals surface area contributed by atoms with Crippen LogP contribution in [0.2, 0.25) is 0 Å². The van der Waals surface area contributed by atoms with Crippen molar-refractivity contribution in [3.63, 3.8) is 0 Å². The number of amides is 1. The van der Waals surface area contributed by atoms with E-state index in [0.717, 1.165) is 57.9 Å². The predicted octanol–water partition coefficient (Wildman–Crippen LogP) is 1.46. The summed E-state index contributed by atoms with van der Waals surface area (Å²) in [5.41, 5.74) is 6.00. The monoisotopic (exact) mass is 412 g/mol. The summed E-state index contributed by atoms with van der Waals surface area (Å²) >= 11 is 0. The number of nitrogens with two attached hydrogens (primary N) is 1. The van der Waals surface area contributed by atoms with Crippen LogP contribution in [0.1, 0.15) is 64.2 Å². The maximum absolute atomic E-state index is 13.5. The van der Waals surface area contributed by atoms with Crippen molar-refractivity contribution in [1.82, 2.24) is 10.2 Å². The Labute approximate surface area is 177 Å². The van der Waals surface area contributed by atoms with Crippen molar-refractivity contribution in [2.45, 2.75) is 94.0 Å². The van der Waals surface area contributed by atoms with Crippen molar-refractivity contribution in [2.75, 3.05) is 6.54 Å². The van der Waals surface area contributed by atoms with E-state index < -0.39 is 11.6 Å². The zero-order valence-corrected chi connectivity index (χ0v) is 17.5. The minimum absolute atomic E-state index is 0.0348. The van der Waals surface area contributed by atoms with Crippen LogP contribution in [0.25, 0.3) is 0 Å². The summed E-state index contributed by atoms with van der Waals surface area (Å²) in [6.45, 7) is 0.874. The standard InChI is InChI=1S/C23H32N4O3/c24-11-16-5-15-6-18(15)27(16)20(28)19(25)22-7-13-4-14(8-22)10-23(9-13,12-22)30-21(29)17-2-1-3-26-17/h13-19,26H,1-10,12,25H2/t13-,14?,15?,16-,17-,18?,19+,22?,23?/m0/s1. The lowest BCUT2D eigenvalue weighted by molar-refractivity contribution is -0.207. The molecular weight excluding hydrogens is 380 g/mol. The molecule has 162 valence electrons. The number of nitrogens with zero attached hydrogens (tertiary/aromatic N) is 2. The number of esters is 1. The number of fused-ring (bicyclic) bond motifs is 1. The topological polar surface area (TPSA) is 108 Å². The van der Waals surface area contributed by atoms with Gasteiger partial charge in [-0.25, -0.2) is 0 Å². The van der Waals surface area contributed by atoms with Crippen molar-refractivity contribution >= 4 is 11.9 Å². The van der Waals surface area contributed by atoms with E-state index in [0.29, 0.717) is 24.2 Å². The molecule has 5 aliphatic carbocycles. The van der Waals surface area contributed by atoms with Gasteiger partial charge in [-0.15, -0.1) is 0 Å². The van der Waals surface area contributed by atoms with Crippen LogP contribution in [0.5, 0.6) is 0 Å². The third kappa shape index (κ3) is 2.76. The van der Waals surface area contributed by atoms with E-state index in [1.807, 2.05) is 4.90 Å². The summed E-state index contributed by atoms with van der Waals surface area (Å²) < 4.78 is 6.25. The first-order valence-electron chi connectivity index (χ1n) is 11.9. The molecule has 30 heavy (non-hydrogen) atoms. The number of rotatable bonds is 4.